The molecule has 0 aliphatic rings. The van der Waals surface area contributed by atoms with E-state index in [9.17, 15) is 9.18 Å². The number of para-hydroxylation sites is 1. The van der Waals surface area contributed by atoms with Gasteiger partial charge in [0.05, 0.1) is 13.5 Å². The lowest BCUT2D eigenvalue weighted by molar-refractivity contribution is -0.120. The number of ether oxygens (including phenoxy) is 1. The largest absolute Gasteiger partial charge is 0.497 e. The molecule has 0 aliphatic heterocycles. The molecule has 0 saturated carbocycles. The van der Waals surface area contributed by atoms with E-state index >= 15 is 0 Å². The summed E-state index contributed by atoms with van der Waals surface area (Å²) >= 11 is 0. The van der Waals surface area contributed by atoms with Crippen LogP contribution < -0.4 is 10.1 Å². The van der Waals surface area contributed by atoms with Gasteiger partial charge in [0.15, 0.2) is 0 Å². The van der Waals surface area contributed by atoms with E-state index in [1.807, 2.05) is 54.7 Å². The van der Waals surface area contributed by atoms with Crippen molar-refractivity contribution in [2.45, 2.75) is 19.5 Å². The van der Waals surface area contributed by atoms with Crippen LogP contribution in [0.5, 0.6) is 5.75 Å². The fourth-order valence-electron chi connectivity index (χ4n) is 3.56. The first-order chi connectivity index (χ1) is 14.6. The molecule has 0 spiro atoms. The first-order valence-electron chi connectivity index (χ1n) is 9.83. The average Bonchev–Trinajstić information content (AvgIpc) is 3.11. The highest BCUT2D eigenvalue weighted by Crippen LogP contribution is 2.23. The fourth-order valence-corrected chi connectivity index (χ4v) is 3.56. The van der Waals surface area contributed by atoms with Crippen molar-refractivity contribution in [1.29, 1.82) is 0 Å². The summed E-state index contributed by atoms with van der Waals surface area (Å²) in [4.78, 5) is 12.6. The van der Waals surface area contributed by atoms with E-state index in [4.69, 9.17) is 4.74 Å². The zero-order chi connectivity index (χ0) is 20.9. The molecule has 0 aliphatic carbocycles. The molecule has 0 radical (unpaired) electrons. The van der Waals surface area contributed by atoms with Crippen molar-refractivity contribution in [2.75, 3.05) is 7.11 Å². The van der Waals surface area contributed by atoms with Crippen LogP contribution in [0.3, 0.4) is 0 Å². The van der Waals surface area contributed by atoms with Crippen LogP contribution >= 0.6 is 0 Å². The minimum Gasteiger partial charge on any atom is -0.497 e. The molecular formula is C25H23FN2O2. The monoisotopic (exact) mass is 402 g/mol. The standard InChI is InChI=1S/C25H23FN2O2/c1-30-22-12-8-18(9-13-22)15-27-25(29)14-20-17-28(24-5-3-2-4-23(20)24)16-19-6-10-21(26)11-7-19/h2-13,17H,14-16H2,1H3,(H,27,29). The molecule has 30 heavy (non-hydrogen) atoms. The number of aromatic nitrogens is 1. The Balaban J connectivity index is 1.47. The molecular weight excluding hydrogens is 379 g/mol. The van der Waals surface area contributed by atoms with Crippen molar-refractivity contribution in [1.82, 2.24) is 9.88 Å². The number of rotatable bonds is 7. The third-order valence-corrected chi connectivity index (χ3v) is 5.14. The van der Waals surface area contributed by atoms with Gasteiger partial charge in [-0.15, -0.1) is 0 Å². The van der Waals surface area contributed by atoms with Gasteiger partial charge in [0, 0.05) is 30.2 Å². The predicted octanol–water partition coefficient (Wildman–Crippen LogP) is 4.70. The van der Waals surface area contributed by atoms with Gasteiger partial charge in [0.1, 0.15) is 11.6 Å². The number of halogens is 1. The maximum absolute atomic E-state index is 13.2. The number of hydrogen-bond donors (Lipinski definition) is 1. The molecule has 1 aromatic heterocycles. The van der Waals surface area contributed by atoms with Crippen LogP contribution in [0, 0.1) is 5.82 Å². The molecule has 0 bridgehead atoms. The van der Waals surface area contributed by atoms with Crippen molar-refractivity contribution in [2.24, 2.45) is 0 Å². The Morgan fingerprint density at radius 3 is 2.40 bits per heavy atom. The Morgan fingerprint density at radius 1 is 0.967 bits per heavy atom. The minimum atomic E-state index is -0.245. The SMILES string of the molecule is COc1ccc(CNC(=O)Cc2cn(Cc3ccc(F)cc3)c3ccccc23)cc1. The normalized spacial score (nSPS) is 10.9. The number of carbonyl (C=O) groups excluding carboxylic acids is 1. The second-order valence-corrected chi connectivity index (χ2v) is 7.23. The molecule has 4 aromatic rings. The second kappa shape index (κ2) is 8.82. The quantitative estimate of drug-likeness (QED) is 0.487. The highest BCUT2D eigenvalue weighted by Gasteiger charge is 2.12. The topological polar surface area (TPSA) is 43.3 Å². The van der Waals surface area contributed by atoms with Gasteiger partial charge in [-0.1, -0.05) is 42.5 Å². The van der Waals surface area contributed by atoms with E-state index in [2.05, 4.69) is 9.88 Å². The van der Waals surface area contributed by atoms with Crippen LogP contribution in [-0.4, -0.2) is 17.6 Å². The number of hydrogen-bond acceptors (Lipinski definition) is 2. The first kappa shape index (κ1) is 19.7. The number of benzene rings is 3. The van der Waals surface area contributed by atoms with Gasteiger partial charge >= 0.3 is 0 Å². The average molecular weight is 402 g/mol. The minimum absolute atomic E-state index is 0.0319. The van der Waals surface area contributed by atoms with Crippen LogP contribution in [0.15, 0.2) is 79.0 Å². The molecule has 4 nitrogen and oxygen atoms in total. The second-order valence-electron chi connectivity index (χ2n) is 7.23. The lowest BCUT2D eigenvalue weighted by Gasteiger charge is -2.06. The van der Waals surface area contributed by atoms with Gasteiger partial charge in [-0.3, -0.25) is 4.79 Å². The molecule has 0 saturated heterocycles. The Bertz CT molecular complexity index is 1150. The molecule has 5 heteroatoms. The number of methoxy groups -OCH3 is 1. The summed E-state index contributed by atoms with van der Waals surface area (Å²) in [7, 11) is 1.63. The van der Waals surface area contributed by atoms with Crippen LogP contribution in [-0.2, 0) is 24.3 Å². The summed E-state index contributed by atoms with van der Waals surface area (Å²) in [5.41, 5.74) is 4.05. The molecule has 4 rings (SSSR count). The van der Waals surface area contributed by atoms with Gasteiger partial charge in [0.2, 0.25) is 5.91 Å². The van der Waals surface area contributed by atoms with E-state index in [-0.39, 0.29) is 11.7 Å². The van der Waals surface area contributed by atoms with Crippen molar-refractivity contribution < 1.29 is 13.9 Å². The maximum Gasteiger partial charge on any atom is 0.224 e. The first-order valence-corrected chi connectivity index (χ1v) is 9.83. The van der Waals surface area contributed by atoms with E-state index < -0.39 is 0 Å². The van der Waals surface area contributed by atoms with E-state index in [0.29, 0.717) is 19.5 Å². The van der Waals surface area contributed by atoms with Crippen LogP contribution in [0.4, 0.5) is 4.39 Å². The van der Waals surface area contributed by atoms with Crippen molar-refractivity contribution in [3.8, 4) is 5.75 Å². The summed E-state index contributed by atoms with van der Waals surface area (Å²) < 4.78 is 20.5. The third-order valence-electron chi connectivity index (χ3n) is 5.14. The van der Waals surface area contributed by atoms with E-state index in [0.717, 1.165) is 33.3 Å². The zero-order valence-corrected chi connectivity index (χ0v) is 16.8. The van der Waals surface area contributed by atoms with Crippen LogP contribution in [0.1, 0.15) is 16.7 Å². The lowest BCUT2D eigenvalue weighted by atomic mass is 10.1. The number of carbonyl (C=O) groups is 1. The van der Waals surface area contributed by atoms with Gasteiger partial charge in [0.25, 0.3) is 0 Å². The number of amides is 1. The van der Waals surface area contributed by atoms with Crippen LogP contribution in [0.2, 0.25) is 0 Å². The van der Waals surface area contributed by atoms with Crippen molar-refractivity contribution in [3.63, 3.8) is 0 Å². The molecule has 0 atom stereocenters. The summed E-state index contributed by atoms with van der Waals surface area (Å²) in [5.74, 6) is 0.514. The molecule has 1 amide bonds. The van der Waals surface area contributed by atoms with Gasteiger partial charge < -0.3 is 14.6 Å². The Morgan fingerprint density at radius 2 is 1.67 bits per heavy atom. The van der Waals surface area contributed by atoms with E-state index in [1.165, 1.54) is 12.1 Å². The van der Waals surface area contributed by atoms with Crippen LogP contribution in [0.25, 0.3) is 10.9 Å². The summed E-state index contributed by atoms with van der Waals surface area (Å²) in [6.07, 6.45) is 2.31. The van der Waals surface area contributed by atoms with Gasteiger partial charge in [-0.05, 0) is 47.0 Å². The maximum atomic E-state index is 13.2. The molecule has 3 aromatic carbocycles. The number of nitrogens with one attached hydrogen (secondary N) is 1. The molecule has 152 valence electrons. The highest BCUT2D eigenvalue weighted by molar-refractivity contribution is 5.89. The summed E-state index contributed by atoms with van der Waals surface area (Å²) in [6.45, 7) is 1.09. The number of fused-ring (bicyclic) bond motifs is 1. The molecule has 0 unspecified atom stereocenters. The predicted molar refractivity (Wildman–Crippen MR) is 116 cm³/mol. The Kier molecular flexibility index (Phi) is 5.80. The van der Waals surface area contributed by atoms with Gasteiger partial charge in [-0.2, -0.15) is 0 Å². The molecule has 1 N–H and O–H groups in total. The highest BCUT2D eigenvalue weighted by atomic mass is 19.1. The third kappa shape index (κ3) is 4.51. The zero-order valence-electron chi connectivity index (χ0n) is 16.8. The Hall–Kier alpha value is -3.60. The number of nitrogens with zero attached hydrogens (tertiary/aromatic N) is 1. The summed E-state index contributed by atoms with van der Waals surface area (Å²) in [6, 6.07) is 22.2. The van der Waals surface area contributed by atoms with E-state index in [1.54, 1.807) is 19.2 Å². The lowest BCUT2D eigenvalue weighted by Crippen LogP contribution is -2.24. The summed E-state index contributed by atoms with van der Waals surface area (Å²) in [5, 5.41) is 4.04. The van der Waals surface area contributed by atoms with Crippen molar-refractivity contribution >= 4 is 16.8 Å². The molecule has 1 heterocycles. The van der Waals surface area contributed by atoms with Gasteiger partial charge in [-0.25, -0.2) is 4.39 Å². The molecule has 0 fully saturated rings. The Labute approximate surface area is 174 Å². The fraction of sp³-hybridized carbons (Fsp3) is 0.160. The smallest absolute Gasteiger partial charge is 0.224 e. The van der Waals surface area contributed by atoms with Crippen molar-refractivity contribution in [3.05, 3.63) is 102 Å².